The molecule has 1 aromatic carbocycles. The van der Waals surface area contributed by atoms with Crippen molar-refractivity contribution in [2.75, 3.05) is 13.6 Å². The van der Waals surface area contributed by atoms with Crippen LogP contribution in [0.15, 0.2) is 29.3 Å². The van der Waals surface area contributed by atoms with E-state index in [1.165, 1.54) is 17.5 Å². The Morgan fingerprint density at radius 2 is 2.12 bits per heavy atom. The lowest BCUT2D eigenvalue weighted by molar-refractivity contribution is -0.128. The van der Waals surface area contributed by atoms with Crippen molar-refractivity contribution in [3.8, 4) is 0 Å². The summed E-state index contributed by atoms with van der Waals surface area (Å²) in [6.07, 6.45) is 2.91. The van der Waals surface area contributed by atoms with Crippen molar-refractivity contribution in [1.29, 1.82) is 0 Å². The Balaban J connectivity index is 0.00000208. The summed E-state index contributed by atoms with van der Waals surface area (Å²) in [7, 11) is 1.80. The summed E-state index contributed by atoms with van der Waals surface area (Å²) >= 11 is 0. The predicted molar refractivity (Wildman–Crippen MR) is 107 cm³/mol. The molecule has 1 heterocycles. The van der Waals surface area contributed by atoms with Gasteiger partial charge in [-0.2, -0.15) is 0 Å². The van der Waals surface area contributed by atoms with E-state index in [4.69, 9.17) is 0 Å². The lowest BCUT2D eigenvalue weighted by atomic mass is 10.1. The van der Waals surface area contributed by atoms with Crippen molar-refractivity contribution >= 4 is 35.8 Å². The zero-order chi connectivity index (χ0) is 16.2. The first-order valence-corrected chi connectivity index (χ1v) is 8.48. The van der Waals surface area contributed by atoms with Gasteiger partial charge in [0.05, 0.1) is 0 Å². The molecular formula is C18H27IN4O. The zero-order valence-electron chi connectivity index (χ0n) is 14.4. The molecule has 2 N–H and O–H groups in total. The highest BCUT2D eigenvalue weighted by molar-refractivity contribution is 14.0. The highest BCUT2D eigenvalue weighted by Crippen LogP contribution is 2.28. The number of aliphatic imine (C=N–C) groups is 1. The SMILES string of the molecule is CN=C(NCc1cccc(CN2CCCC2=O)c1)NC1CC1C.I. The van der Waals surface area contributed by atoms with Crippen LogP contribution < -0.4 is 10.6 Å². The Morgan fingerprint density at radius 3 is 2.75 bits per heavy atom. The third-order valence-corrected chi connectivity index (χ3v) is 4.65. The van der Waals surface area contributed by atoms with E-state index in [-0.39, 0.29) is 29.9 Å². The Morgan fingerprint density at radius 1 is 1.38 bits per heavy atom. The van der Waals surface area contributed by atoms with Gasteiger partial charge >= 0.3 is 0 Å². The zero-order valence-corrected chi connectivity index (χ0v) is 16.7. The van der Waals surface area contributed by atoms with Gasteiger partial charge < -0.3 is 15.5 Å². The van der Waals surface area contributed by atoms with Crippen LogP contribution in [0.1, 0.15) is 37.3 Å². The molecule has 2 unspecified atom stereocenters. The first-order chi connectivity index (χ1) is 11.2. The number of guanidine groups is 1. The van der Waals surface area contributed by atoms with Crippen LogP contribution in [0.25, 0.3) is 0 Å². The number of amides is 1. The van der Waals surface area contributed by atoms with E-state index >= 15 is 0 Å². The number of hydrogen-bond donors (Lipinski definition) is 2. The van der Waals surface area contributed by atoms with Gasteiger partial charge in [-0.3, -0.25) is 9.79 Å². The molecule has 5 nitrogen and oxygen atoms in total. The molecule has 1 aliphatic heterocycles. The minimum atomic E-state index is 0. The molecule has 0 spiro atoms. The van der Waals surface area contributed by atoms with E-state index in [1.54, 1.807) is 7.05 Å². The molecular weight excluding hydrogens is 415 g/mol. The third-order valence-electron chi connectivity index (χ3n) is 4.65. The number of benzene rings is 1. The number of nitrogens with zero attached hydrogens (tertiary/aromatic N) is 2. The first kappa shape index (κ1) is 19.0. The minimum absolute atomic E-state index is 0. The molecule has 0 radical (unpaired) electrons. The van der Waals surface area contributed by atoms with E-state index in [9.17, 15) is 4.79 Å². The van der Waals surface area contributed by atoms with Crippen LogP contribution in [-0.4, -0.2) is 36.4 Å². The van der Waals surface area contributed by atoms with E-state index in [1.807, 2.05) is 4.90 Å². The van der Waals surface area contributed by atoms with Crippen molar-refractivity contribution in [1.82, 2.24) is 15.5 Å². The van der Waals surface area contributed by atoms with Crippen molar-refractivity contribution in [3.05, 3.63) is 35.4 Å². The van der Waals surface area contributed by atoms with Gasteiger partial charge in [0.15, 0.2) is 5.96 Å². The largest absolute Gasteiger partial charge is 0.353 e. The second-order valence-corrected chi connectivity index (χ2v) is 6.63. The van der Waals surface area contributed by atoms with Crippen molar-refractivity contribution in [3.63, 3.8) is 0 Å². The van der Waals surface area contributed by atoms with E-state index < -0.39 is 0 Å². The fraction of sp³-hybridized carbons (Fsp3) is 0.556. The van der Waals surface area contributed by atoms with E-state index in [0.717, 1.165) is 37.9 Å². The number of carbonyl (C=O) groups excluding carboxylic acids is 1. The van der Waals surface area contributed by atoms with Gasteiger partial charge in [0, 0.05) is 39.1 Å². The molecule has 2 fully saturated rings. The summed E-state index contributed by atoms with van der Waals surface area (Å²) in [5, 5.41) is 6.79. The maximum absolute atomic E-state index is 11.7. The number of carbonyl (C=O) groups is 1. The standard InChI is InChI=1S/C18H26N4O.HI/c1-13-9-16(13)21-18(19-2)20-11-14-5-3-6-15(10-14)12-22-8-4-7-17(22)23;/h3,5-6,10,13,16H,4,7-9,11-12H2,1-2H3,(H2,19,20,21);1H. The number of hydrogen-bond acceptors (Lipinski definition) is 2. The van der Waals surface area contributed by atoms with Crippen LogP contribution in [0, 0.1) is 5.92 Å². The van der Waals surface area contributed by atoms with Gasteiger partial charge in [0.2, 0.25) is 5.91 Å². The molecule has 2 atom stereocenters. The Bertz CT molecular complexity index is 604. The average Bonchev–Trinajstić information content (AvgIpc) is 3.10. The molecule has 1 saturated carbocycles. The molecule has 6 heteroatoms. The van der Waals surface area contributed by atoms with Gasteiger partial charge in [-0.25, -0.2) is 0 Å². The fourth-order valence-corrected chi connectivity index (χ4v) is 3.01. The van der Waals surface area contributed by atoms with E-state index in [0.29, 0.717) is 12.5 Å². The van der Waals surface area contributed by atoms with Crippen LogP contribution in [0.2, 0.25) is 0 Å². The van der Waals surface area contributed by atoms with Gasteiger partial charge in [0.1, 0.15) is 0 Å². The summed E-state index contributed by atoms with van der Waals surface area (Å²) in [6.45, 7) is 4.59. The van der Waals surface area contributed by atoms with Crippen LogP contribution >= 0.6 is 24.0 Å². The summed E-state index contributed by atoms with van der Waals surface area (Å²) in [5.41, 5.74) is 2.40. The topological polar surface area (TPSA) is 56.7 Å². The number of rotatable bonds is 5. The molecule has 1 aliphatic carbocycles. The lowest BCUT2D eigenvalue weighted by Crippen LogP contribution is -2.38. The lowest BCUT2D eigenvalue weighted by Gasteiger charge is -2.16. The predicted octanol–water partition coefficient (Wildman–Crippen LogP) is 2.50. The van der Waals surface area contributed by atoms with Crippen molar-refractivity contribution in [2.45, 2.75) is 45.3 Å². The molecule has 1 aromatic rings. The monoisotopic (exact) mass is 442 g/mol. The van der Waals surface area contributed by atoms with Crippen LogP contribution in [0.3, 0.4) is 0 Å². The highest BCUT2D eigenvalue weighted by Gasteiger charge is 2.33. The van der Waals surface area contributed by atoms with Gasteiger partial charge in [0.25, 0.3) is 0 Å². The quantitative estimate of drug-likeness (QED) is 0.419. The van der Waals surface area contributed by atoms with Crippen LogP contribution in [-0.2, 0) is 17.9 Å². The van der Waals surface area contributed by atoms with E-state index in [2.05, 4.69) is 46.8 Å². The van der Waals surface area contributed by atoms with Crippen molar-refractivity contribution in [2.24, 2.45) is 10.9 Å². The molecule has 3 rings (SSSR count). The second-order valence-electron chi connectivity index (χ2n) is 6.63. The average molecular weight is 442 g/mol. The molecule has 1 saturated heterocycles. The maximum Gasteiger partial charge on any atom is 0.222 e. The maximum atomic E-state index is 11.7. The Hall–Kier alpha value is -1.31. The Labute approximate surface area is 161 Å². The number of halogens is 1. The normalized spacial score (nSPS) is 23.0. The number of nitrogens with one attached hydrogen (secondary N) is 2. The van der Waals surface area contributed by atoms with Crippen molar-refractivity contribution < 1.29 is 4.79 Å². The first-order valence-electron chi connectivity index (χ1n) is 8.48. The molecule has 2 aliphatic rings. The molecule has 1 amide bonds. The van der Waals surface area contributed by atoms with Gasteiger partial charge in [-0.05, 0) is 29.9 Å². The highest BCUT2D eigenvalue weighted by atomic mass is 127. The summed E-state index contributed by atoms with van der Waals surface area (Å²) in [5.74, 6) is 1.88. The van der Waals surface area contributed by atoms with Gasteiger partial charge in [-0.1, -0.05) is 31.2 Å². The Kier molecular flexibility index (Phi) is 6.89. The van der Waals surface area contributed by atoms with Crippen LogP contribution in [0.4, 0.5) is 0 Å². The second kappa shape index (κ2) is 8.69. The van der Waals surface area contributed by atoms with Gasteiger partial charge in [-0.15, -0.1) is 24.0 Å². The minimum Gasteiger partial charge on any atom is -0.353 e. The number of likely N-dealkylation sites (tertiary alicyclic amines) is 1. The van der Waals surface area contributed by atoms with Crippen LogP contribution in [0.5, 0.6) is 0 Å². The summed E-state index contributed by atoms with van der Waals surface area (Å²) in [4.78, 5) is 18.0. The summed E-state index contributed by atoms with van der Waals surface area (Å²) < 4.78 is 0. The smallest absolute Gasteiger partial charge is 0.222 e. The molecule has 0 bridgehead atoms. The summed E-state index contributed by atoms with van der Waals surface area (Å²) in [6, 6.07) is 9.00. The molecule has 24 heavy (non-hydrogen) atoms. The molecule has 0 aromatic heterocycles. The third kappa shape index (κ3) is 5.09. The molecule has 132 valence electrons. The fourth-order valence-electron chi connectivity index (χ4n) is 3.01.